The highest BCUT2D eigenvalue weighted by atomic mass is 32.2. The number of nitrogens with one attached hydrogen (secondary N) is 2. The minimum atomic E-state index is -1.14. The zero-order chi connectivity index (χ0) is 18.8. The molecule has 0 spiro atoms. The van der Waals surface area contributed by atoms with Gasteiger partial charge in [-0.15, -0.1) is 11.8 Å². The second kappa shape index (κ2) is 10.7. The van der Waals surface area contributed by atoms with Crippen molar-refractivity contribution in [2.75, 3.05) is 24.8 Å². The lowest BCUT2D eigenvalue weighted by molar-refractivity contribution is -0.142. The van der Waals surface area contributed by atoms with Crippen LogP contribution >= 0.6 is 11.8 Å². The lowest BCUT2D eigenvalue weighted by Crippen LogP contribution is -2.44. The van der Waals surface area contributed by atoms with Crippen molar-refractivity contribution in [2.24, 2.45) is 0 Å². The second-order valence-corrected chi connectivity index (χ2v) is 6.52. The van der Waals surface area contributed by atoms with E-state index in [2.05, 4.69) is 10.6 Å². The Morgan fingerprint density at radius 3 is 2.48 bits per heavy atom. The van der Waals surface area contributed by atoms with Gasteiger partial charge in [0.05, 0.1) is 11.0 Å². The highest BCUT2D eigenvalue weighted by molar-refractivity contribution is 8.01. The molecule has 0 aromatic heterocycles. The van der Waals surface area contributed by atoms with Crippen molar-refractivity contribution in [3.8, 4) is 0 Å². The zero-order valence-corrected chi connectivity index (χ0v) is 14.8. The van der Waals surface area contributed by atoms with Gasteiger partial charge in [0, 0.05) is 25.8 Å². The molecule has 2 amide bonds. The number of hydrogen-bond donors (Lipinski definition) is 3. The highest BCUT2D eigenvalue weighted by Gasteiger charge is 2.23. The topological polar surface area (TPSA) is 105 Å². The Morgan fingerprint density at radius 2 is 1.92 bits per heavy atom. The Labute approximate surface area is 149 Å². The molecule has 1 aromatic rings. The summed E-state index contributed by atoms with van der Waals surface area (Å²) in [6.07, 6.45) is 0.153. The third-order valence-electron chi connectivity index (χ3n) is 3.19. The number of aliphatic carboxylic acids is 1. The number of amides is 2. The van der Waals surface area contributed by atoms with Gasteiger partial charge < -0.3 is 20.5 Å². The molecule has 0 fully saturated rings. The van der Waals surface area contributed by atoms with Gasteiger partial charge in [0.1, 0.15) is 11.9 Å². The SMILES string of the molecule is COCCC(NC(=O)C(C)SCC(=O)Nc1ccc(F)cc1)C(=O)O. The molecule has 1 rings (SSSR count). The van der Waals surface area contributed by atoms with Crippen LogP contribution in [0, 0.1) is 5.82 Å². The molecule has 0 aliphatic heterocycles. The molecule has 138 valence electrons. The summed E-state index contributed by atoms with van der Waals surface area (Å²) in [5.74, 6) is -2.36. The van der Waals surface area contributed by atoms with E-state index in [4.69, 9.17) is 9.84 Å². The largest absolute Gasteiger partial charge is 0.480 e. The summed E-state index contributed by atoms with van der Waals surface area (Å²) in [7, 11) is 1.44. The van der Waals surface area contributed by atoms with Gasteiger partial charge in [-0.2, -0.15) is 0 Å². The van der Waals surface area contributed by atoms with Gasteiger partial charge in [0.15, 0.2) is 0 Å². The standard InChI is InChI=1S/C16H21FN2O5S/c1-10(15(21)19-13(16(22)23)7-8-24-2)25-9-14(20)18-12-5-3-11(17)4-6-12/h3-6,10,13H,7-9H2,1-2H3,(H,18,20)(H,19,21)(H,22,23). The maximum absolute atomic E-state index is 12.8. The third-order valence-corrected chi connectivity index (χ3v) is 4.33. The van der Waals surface area contributed by atoms with E-state index in [0.717, 1.165) is 11.8 Å². The average molecular weight is 372 g/mol. The molecular formula is C16H21FN2O5S. The molecule has 25 heavy (non-hydrogen) atoms. The molecule has 0 saturated heterocycles. The summed E-state index contributed by atoms with van der Waals surface area (Å²) in [5, 5.41) is 13.5. The lowest BCUT2D eigenvalue weighted by Gasteiger charge is -2.17. The predicted octanol–water partition coefficient (Wildman–Crippen LogP) is 1.49. The van der Waals surface area contributed by atoms with E-state index in [0.29, 0.717) is 5.69 Å². The first kappa shape index (κ1) is 20.9. The molecule has 0 radical (unpaired) electrons. The number of hydrogen-bond acceptors (Lipinski definition) is 5. The van der Waals surface area contributed by atoms with E-state index in [1.54, 1.807) is 6.92 Å². The first-order valence-corrected chi connectivity index (χ1v) is 8.57. The Balaban J connectivity index is 2.42. The van der Waals surface area contributed by atoms with Gasteiger partial charge in [-0.1, -0.05) is 0 Å². The first-order chi connectivity index (χ1) is 11.8. The summed E-state index contributed by atoms with van der Waals surface area (Å²) in [5.41, 5.74) is 0.453. The second-order valence-electron chi connectivity index (χ2n) is 5.19. The number of rotatable bonds is 10. The van der Waals surface area contributed by atoms with Crippen LogP contribution in [0.4, 0.5) is 10.1 Å². The van der Waals surface area contributed by atoms with Crippen LogP contribution in [0.15, 0.2) is 24.3 Å². The van der Waals surface area contributed by atoms with Crippen LogP contribution in [0.5, 0.6) is 0 Å². The van der Waals surface area contributed by atoms with E-state index < -0.39 is 29.0 Å². The zero-order valence-electron chi connectivity index (χ0n) is 14.0. The van der Waals surface area contributed by atoms with Gasteiger partial charge in [-0.05, 0) is 31.2 Å². The van der Waals surface area contributed by atoms with Crippen molar-refractivity contribution < 1.29 is 28.6 Å². The van der Waals surface area contributed by atoms with Crippen molar-refractivity contribution >= 4 is 35.2 Å². The van der Waals surface area contributed by atoms with Crippen LogP contribution in [0.3, 0.4) is 0 Å². The fraction of sp³-hybridized carbons (Fsp3) is 0.438. The summed E-state index contributed by atoms with van der Waals surface area (Å²) in [4.78, 5) is 34.9. The fourth-order valence-electron chi connectivity index (χ4n) is 1.79. The molecule has 1 aromatic carbocycles. The maximum Gasteiger partial charge on any atom is 0.326 e. The molecule has 9 heteroatoms. The van der Waals surface area contributed by atoms with Crippen LogP contribution in [0.25, 0.3) is 0 Å². The molecule has 3 N–H and O–H groups in total. The number of thioether (sulfide) groups is 1. The van der Waals surface area contributed by atoms with Crippen molar-refractivity contribution in [1.82, 2.24) is 5.32 Å². The average Bonchev–Trinajstić information content (AvgIpc) is 2.58. The molecule has 2 unspecified atom stereocenters. The summed E-state index contributed by atoms with van der Waals surface area (Å²) >= 11 is 1.07. The Hall–Kier alpha value is -2.13. The molecule has 7 nitrogen and oxygen atoms in total. The van der Waals surface area contributed by atoms with Crippen molar-refractivity contribution in [2.45, 2.75) is 24.6 Å². The van der Waals surface area contributed by atoms with Gasteiger partial charge in [-0.3, -0.25) is 9.59 Å². The highest BCUT2D eigenvalue weighted by Crippen LogP contribution is 2.13. The quantitative estimate of drug-likeness (QED) is 0.575. The Kier molecular flexibility index (Phi) is 8.93. The fourth-order valence-corrected chi connectivity index (χ4v) is 2.48. The van der Waals surface area contributed by atoms with E-state index >= 15 is 0 Å². The van der Waals surface area contributed by atoms with Crippen molar-refractivity contribution in [3.63, 3.8) is 0 Å². The predicted molar refractivity (Wildman–Crippen MR) is 93.0 cm³/mol. The van der Waals surface area contributed by atoms with Crippen LogP contribution in [0.2, 0.25) is 0 Å². The number of carbonyl (C=O) groups is 3. The smallest absolute Gasteiger partial charge is 0.326 e. The van der Waals surface area contributed by atoms with Gasteiger partial charge >= 0.3 is 5.97 Å². The number of anilines is 1. The number of carbonyl (C=O) groups excluding carboxylic acids is 2. The number of methoxy groups -OCH3 is 1. The Bertz CT molecular complexity index is 597. The first-order valence-electron chi connectivity index (χ1n) is 7.52. The summed E-state index contributed by atoms with van der Waals surface area (Å²) in [6, 6.07) is 4.28. The van der Waals surface area contributed by atoms with Crippen molar-refractivity contribution in [1.29, 1.82) is 0 Å². The lowest BCUT2D eigenvalue weighted by atomic mass is 10.2. The van der Waals surface area contributed by atoms with E-state index in [1.165, 1.54) is 31.4 Å². The van der Waals surface area contributed by atoms with E-state index in [9.17, 15) is 18.8 Å². The number of carboxylic acid groups (broad SMARTS) is 1. The van der Waals surface area contributed by atoms with Crippen LogP contribution in [-0.2, 0) is 19.1 Å². The van der Waals surface area contributed by atoms with Crippen LogP contribution in [-0.4, -0.2) is 53.7 Å². The number of carboxylic acids is 1. The minimum absolute atomic E-state index is 0.00176. The van der Waals surface area contributed by atoms with Gasteiger partial charge in [-0.25, -0.2) is 9.18 Å². The molecule has 0 aliphatic carbocycles. The van der Waals surface area contributed by atoms with E-state index in [-0.39, 0.29) is 24.7 Å². The minimum Gasteiger partial charge on any atom is -0.480 e. The molecule has 0 saturated carbocycles. The van der Waals surface area contributed by atoms with Crippen molar-refractivity contribution in [3.05, 3.63) is 30.1 Å². The Morgan fingerprint density at radius 1 is 1.28 bits per heavy atom. The molecule has 0 aliphatic rings. The summed E-state index contributed by atoms with van der Waals surface area (Å²) in [6.45, 7) is 1.79. The number of halogens is 1. The van der Waals surface area contributed by atoms with E-state index in [1.807, 2.05) is 0 Å². The maximum atomic E-state index is 12.8. The number of ether oxygens (including phenoxy) is 1. The third kappa shape index (κ3) is 7.99. The molecule has 0 heterocycles. The number of benzene rings is 1. The summed E-state index contributed by atoms with van der Waals surface area (Å²) < 4.78 is 17.6. The molecule has 2 atom stereocenters. The normalized spacial score (nSPS) is 12.9. The van der Waals surface area contributed by atoms with Gasteiger partial charge in [0.2, 0.25) is 11.8 Å². The van der Waals surface area contributed by atoms with Gasteiger partial charge in [0.25, 0.3) is 0 Å². The van der Waals surface area contributed by atoms with Crippen LogP contribution in [0.1, 0.15) is 13.3 Å². The molecule has 0 bridgehead atoms. The van der Waals surface area contributed by atoms with Crippen LogP contribution < -0.4 is 10.6 Å². The molecular weight excluding hydrogens is 351 g/mol. The monoisotopic (exact) mass is 372 g/mol.